The number of allylic oxidation sites excluding steroid dienone is 3. The number of sulfonamides is 1. The summed E-state index contributed by atoms with van der Waals surface area (Å²) in [6.07, 6.45) is 3.54. The van der Waals surface area contributed by atoms with Crippen LogP contribution in [0.4, 0.5) is 0 Å². The molecule has 0 radical (unpaired) electrons. The predicted molar refractivity (Wildman–Crippen MR) is 129 cm³/mol. The molecule has 0 unspecified atom stereocenters. The lowest BCUT2D eigenvalue weighted by Crippen LogP contribution is -2.39. The molecule has 0 aliphatic carbocycles. The Morgan fingerprint density at radius 3 is 2.09 bits per heavy atom. The summed E-state index contributed by atoms with van der Waals surface area (Å²) in [5.74, 6) is 0.820. The van der Waals surface area contributed by atoms with Gasteiger partial charge in [-0.05, 0) is 44.2 Å². The first kappa shape index (κ1) is 24.6. The van der Waals surface area contributed by atoms with Crippen LogP contribution < -0.4 is 9.46 Å². The number of carbonyl (C=O) groups is 1. The van der Waals surface area contributed by atoms with Crippen LogP contribution in [0.15, 0.2) is 78.4 Å². The summed E-state index contributed by atoms with van der Waals surface area (Å²) < 4.78 is 39.4. The summed E-state index contributed by atoms with van der Waals surface area (Å²) >= 11 is 0. The van der Waals surface area contributed by atoms with E-state index in [0.29, 0.717) is 22.6 Å². The zero-order valence-corrected chi connectivity index (χ0v) is 20.5. The van der Waals surface area contributed by atoms with Crippen LogP contribution in [0, 0.1) is 5.41 Å². The number of nitrogens with one attached hydrogen (secondary N) is 1. The van der Waals surface area contributed by atoms with Crippen LogP contribution in [-0.2, 0) is 14.8 Å². The molecule has 176 valence electrons. The summed E-state index contributed by atoms with van der Waals surface area (Å²) in [6.45, 7) is 10.2. The molecule has 33 heavy (non-hydrogen) atoms. The number of benzene rings is 2. The summed E-state index contributed by atoms with van der Waals surface area (Å²) in [6, 6.07) is 15.6. The van der Waals surface area contributed by atoms with Crippen molar-refractivity contribution in [2.45, 2.75) is 46.6 Å². The summed E-state index contributed by atoms with van der Waals surface area (Å²) in [7, 11) is -3.61. The van der Waals surface area contributed by atoms with Gasteiger partial charge in [0, 0.05) is 29.0 Å². The van der Waals surface area contributed by atoms with Crippen LogP contribution in [0.5, 0.6) is 5.75 Å². The maximum Gasteiger partial charge on any atom is 0.235 e. The van der Waals surface area contributed by atoms with Crippen molar-refractivity contribution < 1.29 is 22.7 Å². The first-order chi connectivity index (χ1) is 15.4. The van der Waals surface area contributed by atoms with E-state index in [9.17, 15) is 13.2 Å². The van der Waals surface area contributed by atoms with E-state index >= 15 is 0 Å². The second-order valence-electron chi connectivity index (χ2n) is 9.52. The van der Waals surface area contributed by atoms with Crippen molar-refractivity contribution in [1.82, 2.24) is 4.72 Å². The number of carbonyl (C=O) groups excluding carboxylic acids is 1. The third kappa shape index (κ3) is 6.48. The monoisotopic (exact) mass is 469 g/mol. The van der Waals surface area contributed by atoms with Crippen LogP contribution >= 0.6 is 0 Å². The first-order valence-corrected chi connectivity index (χ1v) is 12.5. The topological polar surface area (TPSA) is 81.7 Å². The van der Waals surface area contributed by atoms with Gasteiger partial charge in [0.05, 0.1) is 11.5 Å². The van der Waals surface area contributed by atoms with Crippen molar-refractivity contribution in [3.05, 3.63) is 89.5 Å². The first-order valence-electron chi connectivity index (χ1n) is 10.8. The van der Waals surface area contributed by atoms with Crippen molar-refractivity contribution in [1.29, 1.82) is 0 Å². The maximum absolute atomic E-state index is 12.6. The smallest absolute Gasteiger partial charge is 0.235 e. The van der Waals surface area contributed by atoms with E-state index in [4.69, 9.17) is 9.47 Å². The highest BCUT2D eigenvalue weighted by Gasteiger charge is 2.35. The largest absolute Gasteiger partial charge is 0.492 e. The maximum atomic E-state index is 12.6. The minimum atomic E-state index is -3.61. The second kappa shape index (κ2) is 9.43. The Morgan fingerprint density at radius 1 is 0.879 bits per heavy atom. The fourth-order valence-electron chi connectivity index (χ4n) is 2.90. The van der Waals surface area contributed by atoms with Crippen molar-refractivity contribution in [2.75, 3.05) is 5.75 Å². The number of rotatable bonds is 6. The molecule has 6 nitrogen and oxygen atoms in total. The molecule has 7 heteroatoms. The van der Waals surface area contributed by atoms with Gasteiger partial charge in [-0.3, -0.25) is 9.52 Å². The van der Waals surface area contributed by atoms with Gasteiger partial charge in [-0.2, -0.15) is 0 Å². The zero-order chi connectivity index (χ0) is 24.3. The normalized spacial score (nSPS) is 19.5. The molecule has 0 amide bonds. The van der Waals surface area contributed by atoms with Gasteiger partial charge in [0.15, 0.2) is 5.78 Å². The van der Waals surface area contributed by atoms with Crippen molar-refractivity contribution in [3.8, 4) is 5.75 Å². The SMILES string of the molecule is CC(C)(C)C(C)(C)O/C1=C/C=C(/Oc2ccc(C(=O)c3ccccc3)cc2)NS(=O)(=O)CC1. The molecule has 1 aliphatic heterocycles. The highest BCUT2D eigenvalue weighted by Crippen LogP contribution is 2.35. The van der Waals surface area contributed by atoms with E-state index in [0.717, 1.165) is 0 Å². The highest BCUT2D eigenvalue weighted by molar-refractivity contribution is 7.89. The van der Waals surface area contributed by atoms with Gasteiger partial charge in [-0.25, -0.2) is 8.42 Å². The molecule has 0 spiro atoms. The molecule has 0 saturated heterocycles. The lowest BCUT2D eigenvalue weighted by Gasteiger charge is -2.40. The van der Waals surface area contributed by atoms with Gasteiger partial charge in [0.2, 0.25) is 15.9 Å². The Labute approximate surface area is 196 Å². The average molecular weight is 470 g/mol. The molecule has 0 bridgehead atoms. The Hall–Kier alpha value is -3.06. The summed E-state index contributed by atoms with van der Waals surface area (Å²) in [5.41, 5.74) is 0.471. The van der Waals surface area contributed by atoms with Crippen LogP contribution in [-0.4, -0.2) is 25.6 Å². The minimum Gasteiger partial charge on any atom is -0.492 e. The second-order valence-corrected chi connectivity index (χ2v) is 11.4. The molecule has 3 rings (SSSR count). The zero-order valence-electron chi connectivity index (χ0n) is 19.7. The van der Waals surface area contributed by atoms with Gasteiger partial charge in [-0.1, -0.05) is 51.1 Å². The third-order valence-electron chi connectivity index (χ3n) is 5.87. The third-order valence-corrected chi connectivity index (χ3v) is 7.12. The standard InChI is InChI=1S/C26H31NO5S/c1-25(2,3)26(4,5)32-22-15-16-23(27-33(29,30)18-17-22)31-21-13-11-20(12-14-21)24(28)19-9-7-6-8-10-19/h6-16,27H,17-18H2,1-5H3/b22-15+,23-16+. The lowest BCUT2D eigenvalue weighted by atomic mass is 9.79. The van der Waals surface area contributed by atoms with Gasteiger partial charge in [0.1, 0.15) is 11.4 Å². The van der Waals surface area contributed by atoms with Gasteiger partial charge in [0.25, 0.3) is 0 Å². The van der Waals surface area contributed by atoms with Gasteiger partial charge in [-0.15, -0.1) is 0 Å². The number of hydrogen-bond donors (Lipinski definition) is 1. The van der Waals surface area contributed by atoms with E-state index in [1.807, 2.05) is 32.0 Å². The highest BCUT2D eigenvalue weighted by atomic mass is 32.2. The van der Waals surface area contributed by atoms with Crippen LogP contribution in [0.3, 0.4) is 0 Å². The molecule has 2 aromatic rings. The Balaban J connectivity index is 1.80. The molecular weight excluding hydrogens is 438 g/mol. The molecule has 2 aromatic carbocycles. The number of ketones is 1. The van der Waals surface area contributed by atoms with Crippen molar-refractivity contribution >= 4 is 15.8 Å². The van der Waals surface area contributed by atoms with E-state index < -0.39 is 15.6 Å². The molecule has 1 N–H and O–H groups in total. The predicted octanol–water partition coefficient (Wildman–Crippen LogP) is 5.19. The molecule has 1 aliphatic rings. The fraction of sp³-hybridized carbons (Fsp3) is 0.346. The molecule has 1 heterocycles. The Kier molecular flexibility index (Phi) is 7.03. The summed E-state index contributed by atoms with van der Waals surface area (Å²) in [5, 5.41) is 0. The molecule has 0 fully saturated rings. The van der Waals surface area contributed by atoms with Gasteiger partial charge >= 0.3 is 0 Å². The average Bonchev–Trinajstić information content (AvgIpc) is 2.74. The minimum absolute atomic E-state index is 0.0616. The van der Waals surface area contributed by atoms with E-state index in [2.05, 4.69) is 25.5 Å². The molecular formula is C26H31NO5S. The van der Waals surface area contributed by atoms with Crippen LogP contribution in [0.2, 0.25) is 0 Å². The number of hydrogen-bond acceptors (Lipinski definition) is 5. The van der Waals surface area contributed by atoms with E-state index in [1.165, 1.54) is 0 Å². The van der Waals surface area contributed by atoms with Crippen LogP contribution in [0.1, 0.15) is 57.0 Å². The molecule has 0 saturated carbocycles. The number of ether oxygens (including phenoxy) is 2. The summed E-state index contributed by atoms with van der Waals surface area (Å²) in [4.78, 5) is 12.6. The van der Waals surface area contributed by atoms with Crippen LogP contribution in [0.25, 0.3) is 0 Å². The van der Waals surface area contributed by atoms with Crippen molar-refractivity contribution in [2.24, 2.45) is 5.41 Å². The fourth-order valence-corrected chi connectivity index (χ4v) is 3.89. The Bertz CT molecular complexity index is 1160. The lowest BCUT2D eigenvalue weighted by molar-refractivity contribution is -0.0547. The molecule has 0 aromatic heterocycles. The quantitative estimate of drug-likeness (QED) is 0.589. The molecule has 0 atom stereocenters. The van der Waals surface area contributed by atoms with Gasteiger partial charge < -0.3 is 9.47 Å². The van der Waals surface area contributed by atoms with Crippen molar-refractivity contribution in [3.63, 3.8) is 0 Å². The van der Waals surface area contributed by atoms with E-state index in [-0.39, 0.29) is 29.3 Å². The van der Waals surface area contributed by atoms with E-state index in [1.54, 1.807) is 48.6 Å². The Morgan fingerprint density at radius 2 is 1.48 bits per heavy atom.